The first-order chi connectivity index (χ1) is 10.1. The van der Waals surface area contributed by atoms with Crippen LogP contribution in [0.2, 0.25) is 0 Å². The minimum Gasteiger partial charge on any atom is -0.397 e. The van der Waals surface area contributed by atoms with Gasteiger partial charge in [0.05, 0.1) is 17.9 Å². The lowest BCUT2D eigenvalue weighted by Crippen LogP contribution is -2.28. The van der Waals surface area contributed by atoms with Gasteiger partial charge in [0.1, 0.15) is 9.88 Å². The number of nitrogen functional groups attached to an aromatic ring is 1. The number of ether oxygens (including phenoxy) is 1. The molecule has 1 aliphatic rings. The smallest absolute Gasteiger partial charge is 0.263 e. The lowest BCUT2D eigenvalue weighted by molar-refractivity contribution is 0.0962. The highest BCUT2D eigenvalue weighted by Gasteiger charge is 2.28. The first-order valence-corrected chi connectivity index (χ1v) is 7.61. The van der Waals surface area contributed by atoms with Gasteiger partial charge in [-0.25, -0.2) is 0 Å². The van der Waals surface area contributed by atoms with Crippen molar-refractivity contribution in [2.45, 2.75) is 6.42 Å². The number of carbonyl (C=O) groups is 2. The Labute approximate surface area is 127 Å². The minimum absolute atomic E-state index is 0.235. The van der Waals surface area contributed by atoms with Gasteiger partial charge in [-0.2, -0.15) is 0 Å². The maximum atomic E-state index is 12.1. The molecule has 0 radical (unpaired) electrons. The zero-order valence-electron chi connectivity index (χ0n) is 12.2. The second-order valence-electron chi connectivity index (χ2n) is 4.64. The SMILES string of the molecule is CNC(=O)c1sc(N2CCCOCC2)c(C(=O)NC)c1N. The molecule has 0 saturated carbocycles. The van der Waals surface area contributed by atoms with Crippen LogP contribution in [0.5, 0.6) is 0 Å². The van der Waals surface area contributed by atoms with Crippen molar-refractivity contribution < 1.29 is 14.3 Å². The molecule has 1 saturated heterocycles. The summed E-state index contributed by atoms with van der Waals surface area (Å²) < 4.78 is 5.43. The number of hydrogen-bond donors (Lipinski definition) is 3. The average molecular weight is 312 g/mol. The van der Waals surface area contributed by atoms with Crippen molar-refractivity contribution in [1.82, 2.24) is 10.6 Å². The maximum absolute atomic E-state index is 12.1. The molecule has 1 aromatic heterocycles. The van der Waals surface area contributed by atoms with Crippen molar-refractivity contribution in [2.24, 2.45) is 0 Å². The van der Waals surface area contributed by atoms with Gasteiger partial charge >= 0.3 is 0 Å². The number of thiophene rings is 1. The van der Waals surface area contributed by atoms with Crippen molar-refractivity contribution in [3.63, 3.8) is 0 Å². The third-order valence-electron chi connectivity index (χ3n) is 3.32. The average Bonchev–Trinajstić information content (AvgIpc) is 2.69. The van der Waals surface area contributed by atoms with Crippen LogP contribution >= 0.6 is 11.3 Å². The predicted octanol–water partition coefficient (Wildman–Crippen LogP) is 0.276. The number of anilines is 2. The number of amides is 2. The Hall–Kier alpha value is -1.80. The quantitative estimate of drug-likeness (QED) is 0.745. The summed E-state index contributed by atoms with van der Waals surface area (Å²) in [7, 11) is 3.09. The summed E-state index contributed by atoms with van der Waals surface area (Å²) in [4.78, 5) is 26.5. The van der Waals surface area contributed by atoms with Gasteiger partial charge < -0.3 is 26.0 Å². The van der Waals surface area contributed by atoms with Crippen molar-refractivity contribution in [3.8, 4) is 0 Å². The Balaban J connectivity index is 2.46. The second kappa shape index (κ2) is 6.77. The zero-order chi connectivity index (χ0) is 15.4. The summed E-state index contributed by atoms with van der Waals surface area (Å²) in [6, 6.07) is 0. The summed E-state index contributed by atoms with van der Waals surface area (Å²) in [6.07, 6.45) is 0.875. The van der Waals surface area contributed by atoms with Crippen LogP contribution in [0.4, 0.5) is 10.7 Å². The second-order valence-corrected chi connectivity index (χ2v) is 5.64. The molecule has 2 heterocycles. The fourth-order valence-corrected chi connectivity index (χ4v) is 3.45. The molecule has 8 heteroatoms. The van der Waals surface area contributed by atoms with Gasteiger partial charge in [0.25, 0.3) is 11.8 Å². The molecule has 1 aromatic rings. The molecule has 116 valence electrons. The maximum Gasteiger partial charge on any atom is 0.263 e. The van der Waals surface area contributed by atoms with E-state index in [0.29, 0.717) is 30.2 Å². The van der Waals surface area contributed by atoms with Gasteiger partial charge in [0.2, 0.25) is 0 Å². The molecule has 0 atom stereocenters. The number of nitrogens with two attached hydrogens (primary N) is 1. The molecule has 0 unspecified atom stereocenters. The molecule has 4 N–H and O–H groups in total. The van der Waals surface area contributed by atoms with E-state index in [-0.39, 0.29) is 17.5 Å². The Bertz CT molecular complexity index is 536. The predicted molar refractivity (Wildman–Crippen MR) is 83.2 cm³/mol. The molecule has 2 amide bonds. The van der Waals surface area contributed by atoms with Crippen LogP contribution in [0, 0.1) is 0 Å². The monoisotopic (exact) mass is 312 g/mol. The zero-order valence-corrected chi connectivity index (χ0v) is 13.0. The van der Waals surface area contributed by atoms with Crippen molar-refractivity contribution in [1.29, 1.82) is 0 Å². The van der Waals surface area contributed by atoms with E-state index in [1.165, 1.54) is 11.3 Å². The van der Waals surface area contributed by atoms with Gasteiger partial charge in [-0.05, 0) is 6.42 Å². The van der Waals surface area contributed by atoms with E-state index >= 15 is 0 Å². The van der Waals surface area contributed by atoms with E-state index in [0.717, 1.165) is 18.0 Å². The van der Waals surface area contributed by atoms with E-state index in [2.05, 4.69) is 15.5 Å². The Morgan fingerprint density at radius 1 is 1.19 bits per heavy atom. The van der Waals surface area contributed by atoms with Crippen LogP contribution in [0.15, 0.2) is 0 Å². The van der Waals surface area contributed by atoms with E-state index < -0.39 is 0 Å². The van der Waals surface area contributed by atoms with Crippen molar-refractivity contribution >= 4 is 33.8 Å². The molecule has 1 aliphatic heterocycles. The number of nitrogens with zero attached hydrogens (tertiary/aromatic N) is 1. The molecular weight excluding hydrogens is 292 g/mol. The van der Waals surface area contributed by atoms with Crippen molar-refractivity contribution in [3.05, 3.63) is 10.4 Å². The summed E-state index contributed by atoms with van der Waals surface area (Å²) >= 11 is 1.25. The fourth-order valence-electron chi connectivity index (χ4n) is 2.23. The van der Waals surface area contributed by atoms with Crippen LogP contribution in [0.25, 0.3) is 0 Å². The molecule has 0 aromatic carbocycles. The summed E-state index contributed by atoms with van der Waals surface area (Å²) in [5.74, 6) is -0.556. The van der Waals surface area contributed by atoms with Crippen LogP contribution in [0.1, 0.15) is 26.5 Å². The van der Waals surface area contributed by atoms with Gasteiger partial charge in [0, 0.05) is 33.8 Å². The number of hydrogen-bond acceptors (Lipinski definition) is 6. The molecule has 0 aliphatic carbocycles. The highest BCUT2D eigenvalue weighted by molar-refractivity contribution is 7.19. The molecule has 2 rings (SSSR count). The number of carbonyl (C=O) groups excluding carboxylic acids is 2. The standard InChI is InChI=1S/C13H20N4O3S/c1-15-11(18)8-9(14)10(12(19)16-2)21-13(8)17-4-3-6-20-7-5-17/h3-7,14H2,1-2H3,(H,15,18)(H,16,19). The van der Waals surface area contributed by atoms with Crippen LogP contribution in [-0.2, 0) is 4.74 Å². The molecule has 21 heavy (non-hydrogen) atoms. The third kappa shape index (κ3) is 3.11. The largest absolute Gasteiger partial charge is 0.397 e. The van der Waals surface area contributed by atoms with Gasteiger partial charge in [-0.3, -0.25) is 9.59 Å². The Morgan fingerprint density at radius 2 is 1.90 bits per heavy atom. The first-order valence-electron chi connectivity index (χ1n) is 6.79. The first kappa shape index (κ1) is 15.6. The van der Waals surface area contributed by atoms with E-state index in [9.17, 15) is 9.59 Å². The highest BCUT2D eigenvalue weighted by atomic mass is 32.1. The van der Waals surface area contributed by atoms with E-state index in [4.69, 9.17) is 10.5 Å². The molecule has 0 spiro atoms. The topological polar surface area (TPSA) is 96.7 Å². The van der Waals surface area contributed by atoms with Gasteiger partial charge in [0.15, 0.2) is 0 Å². The van der Waals surface area contributed by atoms with Crippen LogP contribution in [0.3, 0.4) is 0 Å². The number of rotatable bonds is 3. The Morgan fingerprint density at radius 3 is 2.57 bits per heavy atom. The van der Waals surface area contributed by atoms with Crippen LogP contribution < -0.4 is 21.3 Å². The van der Waals surface area contributed by atoms with Gasteiger partial charge in [-0.15, -0.1) is 11.3 Å². The lowest BCUT2D eigenvalue weighted by Gasteiger charge is -2.21. The molecule has 7 nitrogen and oxygen atoms in total. The van der Waals surface area contributed by atoms with Crippen LogP contribution in [-0.4, -0.2) is 52.2 Å². The minimum atomic E-state index is -0.279. The highest BCUT2D eigenvalue weighted by Crippen LogP contribution is 2.38. The van der Waals surface area contributed by atoms with Crippen molar-refractivity contribution in [2.75, 3.05) is 51.0 Å². The molecular formula is C13H20N4O3S. The molecule has 1 fully saturated rings. The normalized spacial score (nSPS) is 15.4. The van der Waals surface area contributed by atoms with E-state index in [1.807, 2.05) is 0 Å². The molecule has 0 bridgehead atoms. The summed E-state index contributed by atoms with van der Waals surface area (Å²) in [6.45, 7) is 2.75. The lowest BCUT2D eigenvalue weighted by atomic mass is 10.2. The van der Waals surface area contributed by atoms with Gasteiger partial charge in [-0.1, -0.05) is 0 Å². The third-order valence-corrected chi connectivity index (χ3v) is 4.59. The Kier molecular flexibility index (Phi) is 5.03. The number of nitrogens with one attached hydrogen (secondary N) is 2. The fraction of sp³-hybridized carbons (Fsp3) is 0.538. The van der Waals surface area contributed by atoms with E-state index in [1.54, 1.807) is 14.1 Å². The summed E-state index contributed by atoms with van der Waals surface area (Å²) in [5.41, 5.74) is 6.65. The summed E-state index contributed by atoms with van der Waals surface area (Å²) in [5, 5.41) is 5.87.